The molecule has 0 radical (unpaired) electrons. The van der Waals surface area contributed by atoms with Crippen molar-refractivity contribution >= 4 is 9.52 Å². The van der Waals surface area contributed by atoms with Gasteiger partial charge in [0.2, 0.25) is 0 Å². The highest BCUT2D eigenvalue weighted by Gasteiger charge is 2.33. The molecule has 0 saturated carbocycles. The van der Waals surface area contributed by atoms with Gasteiger partial charge in [0.15, 0.2) is 0 Å². The van der Waals surface area contributed by atoms with Gasteiger partial charge in [0.25, 0.3) is 0 Å². The molecule has 0 N–H and O–H groups in total. The Kier molecular flexibility index (Phi) is 6.36. The maximum atomic E-state index is 2.84. The summed E-state index contributed by atoms with van der Waals surface area (Å²) in [5.41, 5.74) is 0. The molecule has 0 aromatic heterocycles. The lowest BCUT2D eigenvalue weighted by Crippen LogP contribution is -2.54. The molecule has 1 aliphatic rings. The molecule has 1 aliphatic heterocycles. The van der Waals surface area contributed by atoms with Gasteiger partial charge < -0.3 is 4.90 Å². The number of likely N-dealkylation sites (tertiary alicyclic amines) is 1. The maximum Gasteiger partial charge on any atom is 0.0484 e. The van der Waals surface area contributed by atoms with E-state index in [9.17, 15) is 0 Å². The van der Waals surface area contributed by atoms with Crippen LogP contribution in [-0.4, -0.2) is 32.7 Å². The fraction of sp³-hybridized carbons (Fsp3) is 0.857. The van der Waals surface area contributed by atoms with Crippen molar-refractivity contribution in [2.45, 2.75) is 64.1 Å². The van der Waals surface area contributed by atoms with Gasteiger partial charge in [-0.15, -0.1) is 0 Å². The van der Waals surface area contributed by atoms with Gasteiger partial charge in [-0.1, -0.05) is 32.4 Å². The maximum absolute atomic E-state index is 2.84. The van der Waals surface area contributed by atoms with Gasteiger partial charge in [-0.2, -0.15) is 0 Å². The number of nitrogens with zero attached hydrogens (tertiary/aromatic N) is 1. The molecule has 0 aliphatic carbocycles. The first-order valence-electron chi connectivity index (χ1n) is 7.15. The Bertz CT molecular complexity index is 203. The average Bonchev–Trinajstić information content (AvgIpc) is 2.36. The highest BCUT2D eigenvalue weighted by Crippen LogP contribution is 2.27. The largest absolute Gasteiger partial charge is 0.301 e. The summed E-state index contributed by atoms with van der Waals surface area (Å²) in [7, 11) is 0.00168. The lowest BCUT2D eigenvalue weighted by molar-refractivity contribution is 0.120. The number of rotatable bonds is 6. The quantitative estimate of drug-likeness (QED) is 0.508. The third-order valence-electron chi connectivity index (χ3n) is 4.36. The van der Waals surface area contributed by atoms with E-state index in [1.165, 1.54) is 51.2 Å². The summed E-state index contributed by atoms with van der Waals surface area (Å²) in [6.07, 6.45) is 11.7. The summed E-state index contributed by atoms with van der Waals surface area (Å²) in [4.78, 5) is 2.84. The van der Waals surface area contributed by atoms with Crippen LogP contribution in [0, 0.1) is 0 Å². The summed E-state index contributed by atoms with van der Waals surface area (Å²) in [5, 5.41) is 0.625. The molecule has 1 heterocycles. The van der Waals surface area contributed by atoms with Crippen LogP contribution < -0.4 is 0 Å². The van der Waals surface area contributed by atoms with Crippen LogP contribution in [0.4, 0.5) is 0 Å². The standard InChI is InChI=1S/C14H29NSi/c1-4-7-13-16-14(5-2,6-3)15-11-9-8-10-12-15/h4,7H,5-6,8-13,16H2,1-3H3/b7-4+. The van der Waals surface area contributed by atoms with Crippen LogP contribution in [0.3, 0.4) is 0 Å². The first-order chi connectivity index (χ1) is 7.79. The fourth-order valence-electron chi connectivity index (χ4n) is 3.10. The average molecular weight is 239 g/mol. The normalized spacial score (nSPS) is 20.2. The summed E-state index contributed by atoms with van der Waals surface area (Å²) in [6.45, 7) is 9.69. The van der Waals surface area contributed by atoms with E-state index in [4.69, 9.17) is 0 Å². The van der Waals surface area contributed by atoms with Crippen molar-refractivity contribution in [1.29, 1.82) is 0 Å². The van der Waals surface area contributed by atoms with Gasteiger partial charge in [0.05, 0.1) is 0 Å². The van der Waals surface area contributed by atoms with Gasteiger partial charge >= 0.3 is 0 Å². The minimum absolute atomic E-state index is 0.00168. The van der Waals surface area contributed by atoms with Crippen molar-refractivity contribution in [3.05, 3.63) is 12.2 Å². The van der Waals surface area contributed by atoms with Crippen LogP contribution in [0.25, 0.3) is 0 Å². The van der Waals surface area contributed by atoms with Crippen molar-refractivity contribution < 1.29 is 0 Å². The van der Waals surface area contributed by atoms with Crippen molar-refractivity contribution in [3.63, 3.8) is 0 Å². The Morgan fingerprint density at radius 1 is 1.12 bits per heavy atom. The van der Waals surface area contributed by atoms with Gasteiger partial charge in [0.1, 0.15) is 0 Å². The third kappa shape index (κ3) is 3.46. The van der Waals surface area contributed by atoms with E-state index in [2.05, 4.69) is 37.8 Å². The molecule has 0 aromatic rings. The topological polar surface area (TPSA) is 3.24 Å². The second-order valence-corrected chi connectivity index (χ2v) is 7.48. The number of hydrogen-bond acceptors (Lipinski definition) is 1. The molecular weight excluding hydrogens is 210 g/mol. The van der Waals surface area contributed by atoms with Crippen molar-refractivity contribution in [2.75, 3.05) is 13.1 Å². The van der Waals surface area contributed by atoms with Gasteiger partial charge in [0, 0.05) is 14.7 Å². The molecule has 16 heavy (non-hydrogen) atoms. The molecule has 0 bridgehead atoms. The number of hydrogen-bond donors (Lipinski definition) is 0. The van der Waals surface area contributed by atoms with Crippen LogP contribution >= 0.6 is 0 Å². The SMILES string of the molecule is C/C=C/C[SiH2]C(CC)(CC)N1CCCCC1. The molecule has 1 fully saturated rings. The van der Waals surface area contributed by atoms with E-state index in [-0.39, 0.29) is 9.52 Å². The minimum atomic E-state index is 0.00168. The molecule has 1 saturated heterocycles. The molecule has 0 aromatic carbocycles. The Hall–Kier alpha value is -0.0831. The van der Waals surface area contributed by atoms with Gasteiger partial charge in [-0.05, 0) is 51.7 Å². The van der Waals surface area contributed by atoms with Gasteiger partial charge in [-0.3, -0.25) is 0 Å². The van der Waals surface area contributed by atoms with E-state index in [1.807, 2.05) is 0 Å². The second-order valence-electron chi connectivity index (χ2n) is 5.09. The van der Waals surface area contributed by atoms with Crippen LogP contribution in [0.15, 0.2) is 12.2 Å². The zero-order chi connectivity index (χ0) is 11.9. The summed E-state index contributed by atoms with van der Waals surface area (Å²) < 4.78 is 0. The predicted molar refractivity (Wildman–Crippen MR) is 76.9 cm³/mol. The highest BCUT2D eigenvalue weighted by atomic mass is 28.2. The lowest BCUT2D eigenvalue weighted by atomic mass is 10.0. The Morgan fingerprint density at radius 3 is 2.25 bits per heavy atom. The summed E-state index contributed by atoms with van der Waals surface area (Å²) in [5.74, 6) is 0. The molecule has 1 nitrogen and oxygen atoms in total. The monoisotopic (exact) mass is 239 g/mol. The summed E-state index contributed by atoms with van der Waals surface area (Å²) >= 11 is 0. The minimum Gasteiger partial charge on any atom is -0.301 e. The van der Waals surface area contributed by atoms with Crippen LogP contribution in [0.5, 0.6) is 0 Å². The fourth-order valence-corrected chi connectivity index (χ4v) is 5.47. The molecule has 0 unspecified atom stereocenters. The smallest absolute Gasteiger partial charge is 0.0484 e. The van der Waals surface area contributed by atoms with E-state index < -0.39 is 0 Å². The van der Waals surface area contributed by atoms with Crippen molar-refractivity contribution in [1.82, 2.24) is 4.90 Å². The number of allylic oxidation sites excluding steroid dienone is 2. The van der Waals surface area contributed by atoms with Crippen molar-refractivity contribution in [3.8, 4) is 0 Å². The van der Waals surface area contributed by atoms with Crippen LogP contribution in [0.2, 0.25) is 6.04 Å². The summed E-state index contributed by atoms with van der Waals surface area (Å²) in [6, 6.07) is 1.38. The zero-order valence-corrected chi connectivity index (χ0v) is 12.9. The van der Waals surface area contributed by atoms with E-state index in [0.29, 0.717) is 5.16 Å². The van der Waals surface area contributed by atoms with E-state index >= 15 is 0 Å². The highest BCUT2D eigenvalue weighted by molar-refractivity contribution is 6.40. The molecule has 1 rings (SSSR count). The zero-order valence-electron chi connectivity index (χ0n) is 11.5. The molecule has 0 amide bonds. The molecule has 0 atom stereocenters. The van der Waals surface area contributed by atoms with Gasteiger partial charge in [-0.25, -0.2) is 0 Å². The lowest BCUT2D eigenvalue weighted by Gasteiger charge is -2.45. The first kappa shape index (κ1) is 14.0. The van der Waals surface area contributed by atoms with E-state index in [1.54, 1.807) is 0 Å². The molecule has 2 heteroatoms. The molecular formula is C14H29NSi. The van der Waals surface area contributed by atoms with Crippen LogP contribution in [-0.2, 0) is 0 Å². The molecule has 94 valence electrons. The van der Waals surface area contributed by atoms with E-state index in [0.717, 1.165) is 0 Å². The Balaban J connectivity index is 2.60. The van der Waals surface area contributed by atoms with Crippen molar-refractivity contribution in [2.24, 2.45) is 0 Å². The Morgan fingerprint density at radius 2 is 1.75 bits per heavy atom. The Labute approximate surface area is 104 Å². The third-order valence-corrected chi connectivity index (χ3v) is 7.36. The first-order valence-corrected chi connectivity index (χ1v) is 8.86. The predicted octanol–water partition coefficient (Wildman–Crippen LogP) is 3.15. The molecule has 0 spiro atoms. The second kappa shape index (κ2) is 7.28. The van der Waals surface area contributed by atoms with Crippen LogP contribution in [0.1, 0.15) is 52.9 Å². The number of piperidine rings is 1.